The molecule has 1 aliphatic carbocycles. The lowest BCUT2D eigenvalue weighted by Crippen LogP contribution is -2.49. The monoisotopic (exact) mass is 298 g/mol. The average Bonchev–Trinajstić information content (AvgIpc) is 2.97. The number of rotatable bonds is 5. The second-order valence-electron chi connectivity index (χ2n) is 6.36. The molecule has 2 rings (SSSR count). The summed E-state index contributed by atoms with van der Waals surface area (Å²) < 4.78 is 5.69. The second-order valence-corrected chi connectivity index (χ2v) is 6.36. The van der Waals surface area contributed by atoms with Crippen molar-refractivity contribution in [2.45, 2.75) is 51.6 Å². The Labute approximate surface area is 125 Å². The van der Waals surface area contributed by atoms with Gasteiger partial charge in [-0.3, -0.25) is 4.79 Å². The van der Waals surface area contributed by atoms with Crippen molar-refractivity contribution < 1.29 is 19.4 Å². The number of carboxylic acid groups (broad SMARTS) is 1. The molecule has 0 spiro atoms. The van der Waals surface area contributed by atoms with Crippen molar-refractivity contribution in [2.24, 2.45) is 5.41 Å². The van der Waals surface area contributed by atoms with Gasteiger partial charge in [0.1, 0.15) is 0 Å². The Hall–Kier alpha value is -1.30. The van der Waals surface area contributed by atoms with Crippen LogP contribution in [0.5, 0.6) is 0 Å². The van der Waals surface area contributed by atoms with Gasteiger partial charge in [-0.05, 0) is 32.6 Å². The zero-order valence-corrected chi connectivity index (χ0v) is 12.8. The number of amides is 2. The van der Waals surface area contributed by atoms with Crippen molar-refractivity contribution in [2.75, 3.05) is 26.2 Å². The molecule has 2 N–H and O–H groups in total. The van der Waals surface area contributed by atoms with Gasteiger partial charge < -0.3 is 20.1 Å². The largest absolute Gasteiger partial charge is 0.481 e. The highest BCUT2D eigenvalue weighted by Crippen LogP contribution is 2.30. The van der Waals surface area contributed by atoms with Crippen LogP contribution in [-0.2, 0) is 9.53 Å². The van der Waals surface area contributed by atoms with E-state index in [0.29, 0.717) is 45.2 Å². The summed E-state index contributed by atoms with van der Waals surface area (Å²) >= 11 is 0. The first kappa shape index (κ1) is 16.1. The van der Waals surface area contributed by atoms with Crippen LogP contribution in [0.2, 0.25) is 0 Å². The fourth-order valence-electron chi connectivity index (χ4n) is 2.97. The highest BCUT2D eigenvalue weighted by molar-refractivity contribution is 5.76. The number of nitrogens with zero attached hydrogens (tertiary/aromatic N) is 1. The number of ether oxygens (including phenoxy) is 1. The van der Waals surface area contributed by atoms with Gasteiger partial charge in [0.2, 0.25) is 0 Å². The minimum atomic E-state index is -0.771. The average molecular weight is 298 g/mol. The van der Waals surface area contributed by atoms with Gasteiger partial charge in [0.05, 0.1) is 18.1 Å². The van der Waals surface area contributed by atoms with Crippen molar-refractivity contribution in [3.05, 3.63) is 0 Å². The van der Waals surface area contributed by atoms with E-state index in [4.69, 9.17) is 9.84 Å². The Morgan fingerprint density at radius 3 is 2.48 bits per heavy atom. The van der Waals surface area contributed by atoms with Crippen LogP contribution in [-0.4, -0.2) is 54.4 Å². The van der Waals surface area contributed by atoms with Crippen LogP contribution >= 0.6 is 0 Å². The molecule has 2 fully saturated rings. The molecule has 2 aliphatic rings. The lowest BCUT2D eigenvalue weighted by Gasteiger charge is -2.36. The van der Waals surface area contributed by atoms with E-state index in [1.165, 1.54) is 12.8 Å². The molecule has 0 unspecified atom stereocenters. The van der Waals surface area contributed by atoms with Crippen LogP contribution in [0.25, 0.3) is 0 Å². The molecular weight excluding hydrogens is 272 g/mol. The molecule has 120 valence electrons. The minimum Gasteiger partial charge on any atom is -0.481 e. The summed E-state index contributed by atoms with van der Waals surface area (Å²) in [7, 11) is 0. The molecule has 1 saturated heterocycles. The summed E-state index contributed by atoms with van der Waals surface area (Å²) in [6.07, 6.45) is 6.14. The fourth-order valence-corrected chi connectivity index (χ4v) is 2.97. The molecule has 6 nitrogen and oxygen atoms in total. The number of carbonyl (C=O) groups is 2. The number of piperidine rings is 1. The highest BCUT2D eigenvalue weighted by Gasteiger charge is 2.37. The van der Waals surface area contributed by atoms with Crippen LogP contribution in [0, 0.1) is 5.41 Å². The topological polar surface area (TPSA) is 78.9 Å². The Kier molecular flexibility index (Phi) is 5.45. The van der Waals surface area contributed by atoms with Crippen LogP contribution in [0.3, 0.4) is 0 Å². The summed E-state index contributed by atoms with van der Waals surface area (Å²) in [5.41, 5.74) is -0.692. The number of hydrogen-bond acceptors (Lipinski definition) is 3. The van der Waals surface area contributed by atoms with Gasteiger partial charge in [0.25, 0.3) is 0 Å². The standard InChI is InChI=1S/C15H26N2O4/c1-15(13(18)19)6-9-17(10-7-15)14(20)16-8-11-21-12-4-2-3-5-12/h12H,2-11H2,1H3,(H,16,20)(H,18,19). The van der Waals surface area contributed by atoms with Gasteiger partial charge >= 0.3 is 12.0 Å². The van der Waals surface area contributed by atoms with E-state index in [2.05, 4.69) is 5.32 Å². The molecule has 6 heteroatoms. The molecule has 0 aromatic rings. The van der Waals surface area contributed by atoms with Gasteiger partial charge in [0, 0.05) is 19.6 Å². The number of aliphatic carboxylic acids is 1. The summed E-state index contributed by atoms with van der Waals surface area (Å²) in [6.45, 7) is 3.81. The van der Waals surface area contributed by atoms with Crippen molar-refractivity contribution in [3.8, 4) is 0 Å². The minimum absolute atomic E-state index is 0.113. The lowest BCUT2D eigenvalue weighted by molar-refractivity contribution is -0.150. The third-order valence-electron chi connectivity index (χ3n) is 4.70. The van der Waals surface area contributed by atoms with Crippen LogP contribution < -0.4 is 5.32 Å². The van der Waals surface area contributed by atoms with Crippen LogP contribution in [0.1, 0.15) is 45.4 Å². The van der Waals surface area contributed by atoms with Gasteiger partial charge in [0.15, 0.2) is 0 Å². The maximum absolute atomic E-state index is 12.0. The molecule has 1 saturated carbocycles. The molecule has 2 amide bonds. The number of likely N-dealkylation sites (tertiary alicyclic amines) is 1. The molecular formula is C15H26N2O4. The normalized spacial score (nSPS) is 22.2. The first-order chi connectivity index (χ1) is 10.0. The first-order valence-corrected chi connectivity index (χ1v) is 7.89. The number of carboxylic acids is 1. The molecule has 0 atom stereocenters. The Morgan fingerprint density at radius 2 is 1.90 bits per heavy atom. The molecule has 0 aromatic carbocycles. The van der Waals surface area contributed by atoms with E-state index in [1.807, 2.05) is 0 Å². The number of hydrogen-bond donors (Lipinski definition) is 2. The number of nitrogens with one attached hydrogen (secondary N) is 1. The number of carbonyl (C=O) groups excluding carboxylic acids is 1. The Balaban J connectivity index is 1.62. The van der Waals surface area contributed by atoms with Gasteiger partial charge in [-0.1, -0.05) is 12.8 Å². The van der Waals surface area contributed by atoms with Crippen LogP contribution in [0.15, 0.2) is 0 Å². The predicted molar refractivity (Wildman–Crippen MR) is 78.2 cm³/mol. The second kappa shape index (κ2) is 7.11. The van der Waals surface area contributed by atoms with Gasteiger partial charge in [-0.25, -0.2) is 4.79 Å². The van der Waals surface area contributed by atoms with Gasteiger partial charge in [-0.15, -0.1) is 0 Å². The maximum atomic E-state index is 12.0. The van der Waals surface area contributed by atoms with E-state index in [0.717, 1.165) is 12.8 Å². The molecule has 1 heterocycles. The van der Waals surface area contributed by atoms with Gasteiger partial charge in [-0.2, -0.15) is 0 Å². The first-order valence-electron chi connectivity index (χ1n) is 7.89. The van der Waals surface area contributed by atoms with Crippen molar-refractivity contribution in [1.29, 1.82) is 0 Å². The SMILES string of the molecule is CC1(C(=O)O)CCN(C(=O)NCCOC2CCCC2)CC1. The van der Waals surface area contributed by atoms with Crippen LogP contribution in [0.4, 0.5) is 4.79 Å². The molecule has 0 aromatic heterocycles. The summed E-state index contributed by atoms with van der Waals surface area (Å²) in [5, 5.41) is 12.0. The molecule has 0 bridgehead atoms. The summed E-state index contributed by atoms with van der Waals surface area (Å²) in [4.78, 5) is 24.8. The lowest BCUT2D eigenvalue weighted by atomic mass is 9.80. The third kappa shape index (κ3) is 4.33. The smallest absolute Gasteiger partial charge is 0.317 e. The maximum Gasteiger partial charge on any atom is 0.317 e. The van der Waals surface area contributed by atoms with E-state index < -0.39 is 11.4 Å². The highest BCUT2D eigenvalue weighted by atomic mass is 16.5. The van der Waals surface area contributed by atoms with E-state index in [9.17, 15) is 9.59 Å². The van der Waals surface area contributed by atoms with Crippen molar-refractivity contribution in [1.82, 2.24) is 10.2 Å². The summed E-state index contributed by atoms with van der Waals surface area (Å²) in [5.74, 6) is -0.771. The summed E-state index contributed by atoms with van der Waals surface area (Å²) in [6, 6.07) is -0.113. The van der Waals surface area contributed by atoms with Crippen molar-refractivity contribution >= 4 is 12.0 Å². The predicted octanol–water partition coefficient (Wildman–Crippen LogP) is 1.84. The zero-order valence-electron chi connectivity index (χ0n) is 12.8. The van der Waals surface area contributed by atoms with E-state index in [-0.39, 0.29) is 6.03 Å². The Bertz CT molecular complexity index is 372. The molecule has 21 heavy (non-hydrogen) atoms. The fraction of sp³-hybridized carbons (Fsp3) is 0.867. The molecule has 1 aliphatic heterocycles. The van der Waals surface area contributed by atoms with Crippen molar-refractivity contribution in [3.63, 3.8) is 0 Å². The molecule has 0 radical (unpaired) electrons. The third-order valence-corrected chi connectivity index (χ3v) is 4.70. The quantitative estimate of drug-likeness (QED) is 0.759. The zero-order chi connectivity index (χ0) is 15.3. The Morgan fingerprint density at radius 1 is 1.29 bits per heavy atom. The van der Waals surface area contributed by atoms with E-state index >= 15 is 0 Å². The number of urea groups is 1. The van der Waals surface area contributed by atoms with E-state index in [1.54, 1.807) is 11.8 Å².